The molecule has 1 N–H and O–H groups in total. The summed E-state index contributed by atoms with van der Waals surface area (Å²) in [6.07, 6.45) is 3.53. The Hall–Kier alpha value is -4.75. The number of halogens is 1. The Labute approximate surface area is 264 Å². The number of nitrogens with one attached hydrogen (secondary N) is 1. The van der Waals surface area contributed by atoms with Crippen LogP contribution >= 0.6 is 0 Å². The molecule has 0 saturated carbocycles. The first-order chi connectivity index (χ1) is 22.0. The SMILES string of the molecule is CCc1c(-c2cc(Nc3cc4n(n3)CCN(C3COC3)C4)c(=O)n(C)n2)ccnc1-n1ncc2cc(C(C)(C)C)cc(F)c2c1=O. The van der Waals surface area contributed by atoms with E-state index in [9.17, 15) is 9.59 Å². The van der Waals surface area contributed by atoms with Gasteiger partial charge in [0.1, 0.15) is 11.5 Å². The molecule has 0 atom stereocenters. The molecule has 238 valence electrons. The topological polar surface area (TPSA) is 125 Å². The standard InChI is InChI=1S/C33H36FN9O3/c1-6-23-24(7-8-35-30(23)43-32(45)29-19(15-36-43)11-20(12-25(29)34)33(2,3)4)26-14-27(31(44)40(5)38-26)37-28-13-21-16-41(22-17-46-18-22)9-10-42(21)39-28/h7-8,11-15,22H,6,9-10,16-18H2,1-5H3,(H,37,39). The van der Waals surface area contributed by atoms with E-state index in [1.807, 2.05) is 38.4 Å². The summed E-state index contributed by atoms with van der Waals surface area (Å²) < 4.78 is 25.1. The predicted molar refractivity (Wildman–Crippen MR) is 172 cm³/mol. The minimum absolute atomic E-state index is 0.0455. The molecule has 1 saturated heterocycles. The number of nitrogens with zero attached hydrogens (tertiary/aromatic N) is 8. The number of aromatic nitrogens is 7. The molecule has 46 heavy (non-hydrogen) atoms. The molecular weight excluding hydrogens is 589 g/mol. The number of anilines is 2. The minimum atomic E-state index is -0.599. The second kappa shape index (κ2) is 11.2. The third-order valence-corrected chi connectivity index (χ3v) is 8.86. The summed E-state index contributed by atoms with van der Waals surface area (Å²) in [5.41, 5.74) is 2.80. The first-order valence-electron chi connectivity index (χ1n) is 15.5. The second-order valence-corrected chi connectivity index (χ2v) is 13.0. The fourth-order valence-electron chi connectivity index (χ4n) is 6.13. The highest BCUT2D eigenvalue weighted by atomic mass is 19.1. The molecule has 0 bridgehead atoms. The number of fused-ring (bicyclic) bond motifs is 2. The Kier molecular flexibility index (Phi) is 7.32. The third kappa shape index (κ3) is 5.18. The molecule has 0 aliphatic carbocycles. The van der Waals surface area contributed by atoms with Crippen molar-refractivity contribution in [3.8, 4) is 17.1 Å². The Morgan fingerprint density at radius 3 is 2.59 bits per heavy atom. The first kappa shape index (κ1) is 29.9. The number of rotatable bonds is 6. The molecule has 13 heteroatoms. The van der Waals surface area contributed by atoms with Crippen molar-refractivity contribution < 1.29 is 9.13 Å². The van der Waals surface area contributed by atoms with Gasteiger partial charge in [0.25, 0.3) is 11.1 Å². The van der Waals surface area contributed by atoms with Crippen LogP contribution in [0, 0.1) is 5.82 Å². The van der Waals surface area contributed by atoms with E-state index in [1.165, 1.54) is 16.9 Å². The van der Waals surface area contributed by atoms with Crippen molar-refractivity contribution in [3.63, 3.8) is 0 Å². The number of hydrogen-bond acceptors (Lipinski definition) is 9. The molecule has 0 unspecified atom stereocenters. The van der Waals surface area contributed by atoms with Crippen molar-refractivity contribution in [3.05, 3.63) is 86.1 Å². The van der Waals surface area contributed by atoms with Gasteiger partial charge in [0.05, 0.1) is 48.8 Å². The molecule has 6 heterocycles. The summed E-state index contributed by atoms with van der Waals surface area (Å²) in [5.74, 6) is 0.254. The highest BCUT2D eigenvalue weighted by Crippen LogP contribution is 2.30. The van der Waals surface area contributed by atoms with Gasteiger partial charge in [-0.3, -0.25) is 19.2 Å². The van der Waals surface area contributed by atoms with Crippen LogP contribution in [-0.2, 0) is 36.7 Å². The quantitative estimate of drug-likeness (QED) is 0.301. The number of pyridine rings is 1. The lowest BCUT2D eigenvalue weighted by Crippen LogP contribution is -2.51. The molecule has 0 radical (unpaired) electrons. The maximum Gasteiger partial charge on any atom is 0.290 e. The lowest BCUT2D eigenvalue weighted by atomic mass is 9.86. The van der Waals surface area contributed by atoms with E-state index >= 15 is 4.39 Å². The molecule has 5 aromatic rings. The van der Waals surface area contributed by atoms with Crippen LogP contribution in [0.4, 0.5) is 15.9 Å². The molecule has 1 fully saturated rings. The van der Waals surface area contributed by atoms with Crippen molar-refractivity contribution in [1.82, 2.24) is 39.2 Å². The van der Waals surface area contributed by atoms with E-state index in [2.05, 4.69) is 25.4 Å². The minimum Gasteiger partial charge on any atom is -0.378 e. The monoisotopic (exact) mass is 625 g/mol. The lowest BCUT2D eigenvalue weighted by molar-refractivity contribution is -0.0735. The molecule has 0 spiro atoms. The Bertz CT molecular complexity index is 2110. The van der Waals surface area contributed by atoms with Crippen molar-refractivity contribution in [2.45, 2.75) is 58.7 Å². The fourth-order valence-corrected chi connectivity index (χ4v) is 6.13. The molecule has 2 aliphatic heterocycles. The highest BCUT2D eigenvalue weighted by molar-refractivity contribution is 5.83. The van der Waals surface area contributed by atoms with E-state index in [4.69, 9.17) is 9.84 Å². The zero-order chi connectivity index (χ0) is 32.3. The van der Waals surface area contributed by atoms with Gasteiger partial charge in [-0.15, -0.1) is 0 Å². The van der Waals surface area contributed by atoms with Gasteiger partial charge in [-0.2, -0.15) is 20.0 Å². The van der Waals surface area contributed by atoms with Crippen LogP contribution in [0.2, 0.25) is 0 Å². The predicted octanol–water partition coefficient (Wildman–Crippen LogP) is 3.69. The van der Waals surface area contributed by atoms with Crippen LogP contribution in [0.15, 0.2) is 52.3 Å². The summed E-state index contributed by atoms with van der Waals surface area (Å²) in [7, 11) is 1.59. The molecule has 0 amide bonds. The zero-order valence-electron chi connectivity index (χ0n) is 26.5. The van der Waals surface area contributed by atoms with Crippen LogP contribution in [0.3, 0.4) is 0 Å². The van der Waals surface area contributed by atoms with E-state index in [0.29, 0.717) is 46.2 Å². The molecule has 4 aromatic heterocycles. The second-order valence-electron chi connectivity index (χ2n) is 13.0. The van der Waals surface area contributed by atoms with Crippen LogP contribution in [-0.4, -0.2) is 65.0 Å². The van der Waals surface area contributed by atoms with Crippen molar-refractivity contribution in [2.75, 3.05) is 25.1 Å². The summed E-state index contributed by atoms with van der Waals surface area (Å²) >= 11 is 0. The van der Waals surface area contributed by atoms with E-state index < -0.39 is 11.4 Å². The number of hydrogen-bond donors (Lipinski definition) is 1. The number of ether oxygens (including phenoxy) is 1. The van der Waals surface area contributed by atoms with Gasteiger partial charge in [-0.1, -0.05) is 27.7 Å². The van der Waals surface area contributed by atoms with Crippen LogP contribution in [0.1, 0.15) is 44.5 Å². The molecule has 12 nitrogen and oxygen atoms in total. The van der Waals surface area contributed by atoms with Crippen LogP contribution in [0.5, 0.6) is 0 Å². The van der Waals surface area contributed by atoms with Crippen LogP contribution < -0.4 is 16.4 Å². The summed E-state index contributed by atoms with van der Waals surface area (Å²) in [5, 5.41) is 17.3. The average Bonchev–Trinajstić information content (AvgIpc) is 3.39. The lowest BCUT2D eigenvalue weighted by Gasteiger charge is -2.39. The number of benzene rings is 1. The Morgan fingerprint density at radius 2 is 1.87 bits per heavy atom. The van der Waals surface area contributed by atoms with Gasteiger partial charge in [0, 0.05) is 48.9 Å². The average molecular weight is 626 g/mol. The van der Waals surface area contributed by atoms with Crippen molar-refractivity contribution >= 4 is 22.3 Å². The van der Waals surface area contributed by atoms with Gasteiger partial charge in [-0.05, 0) is 41.7 Å². The Balaban J connectivity index is 1.25. The van der Waals surface area contributed by atoms with Gasteiger partial charge in [0.2, 0.25) is 0 Å². The molecular formula is C33H36FN9O3. The van der Waals surface area contributed by atoms with Gasteiger partial charge in [-0.25, -0.2) is 14.1 Å². The smallest absolute Gasteiger partial charge is 0.290 e. The van der Waals surface area contributed by atoms with E-state index in [1.54, 1.807) is 31.4 Å². The number of aryl methyl sites for hydroxylation is 1. The van der Waals surface area contributed by atoms with Crippen molar-refractivity contribution in [1.29, 1.82) is 0 Å². The molecule has 7 rings (SSSR count). The largest absolute Gasteiger partial charge is 0.378 e. The van der Waals surface area contributed by atoms with Crippen LogP contribution in [0.25, 0.3) is 27.8 Å². The zero-order valence-corrected chi connectivity index (χ0v) is 26.5. The Morgan fingerprint density at radius 1 is 1.07 bits per heavy atom. The normalized spacial score (nSPS) is 15.6. The third-order valence-electron chi connectivity index (χ3n) is 8.86. The van der Waals surface area contributed by atoms with Gasteiger partial charge < -0.3 is 10.1 Å². The molecule has 2 aliphatic rings. The molecule has 1 aromatic carbocycles. The van der Waals surface area contributed by atoms with E-state index in [0.717, 1.165) is 48.8 Å². The maximum atomic E-state index is 15.4. The summed E-state index contributed by atoms with van der Waals surface area (Å²) in [4.78, 5) is 33.8. The van der Waals surface area contributed by atoms with Crippen molar-refractivity contribution in [2.24, 2.45) is 7.05 Å². The summed E-state index contributed by atoms with van der Waals surface area (Å²) in [6.45, 7) is 11.8. The summed E-state index contributed by atoms with van der Waals surface area (Å²) in [6, 6.07) is 9.09. The maximum absolute atomic E-state index is 15.4. The first-order valence-corrected chi connectivity index (χ1v) is 15.5. The van der Waals surface area contributed by atoms with E-state index in [-0.39, 0.29) is 22.2 Å². The van der Waals surface area contributed by atoms with Gasteiger partial charge in [0.15, 0.2) is 11.6 Å². The fraction of sp³-hybridized carbons (Fsp3) is 0.394. The highest BCUT2D eigenvalue weighted by Gasteiger charge is 2.30. The van der Waals surface area contributed by atoms with Gasteiger partial charge >= 0.3 is 0 Å².